The summed E-state index contributed by atoms with van der Waals surface area (Å²) in [5, 5.41) is 9.22. The zero-order valence-electron chi connectivity index (χ0n) is 6.19. The van der Waals surface area contributed by atoms with E-state index in [1.807, 2.05) is 0 Å². The third-order valence-electron chi connectivity index (χ3n) is 0.837. The largest absolute Gasteiger partial charge is 0.444 e. The molecule has 0 heterocycles. The maximum absolute atomic E-state index is 10.6. The van der Waals surface area contributed by atoms with Gasteiger partial charge in [-0.15, -0.1) is 6.58 Å². The van der Waals surface area contributed by atoms with Crippen LogP contribution >= 0.6 is 0 Å². The van der Waals surface area contributed by atoms with E-state index in [0.29, 0.717) is 5.06 Å². The van der Waals surface area contributed by atoms with Crippen LogP contribution in [-0.2, 0) is 4.74 Å². The van der Waals surface area contributed by atoms with E-state index in [1.54, 1.807) is 0 Å². The molecule has 0 aromatic heterocycles. The Bertz CT molecular complexity index is 156. The predicted octanol–water partition coefficient (Wildman–Crippen LogP) is 1.19. The van der Waals surface area contributed by atoms with Crippen molar-refractivity contribution < 1.29 is 14.7 Å². The van der Waals surface area contributed by atoms with E-state index in [-0.39, 0.29) is 13.2 Å². The second-order valence-corrected chi connectivity index (χ2v) is 1.74. The van der Waals surface area contributed by atoms with Crippen molar-refractivity contribution in [3.05, 3.63) is 25.3 Å². The summed E-state index contributed by atoms with van der Waals surface area (Å²) in [6.07, 6.45) is 2.00. The van der Waals surface area contributed by atoms with Gasteiger partial charge in [0.1, 0.15) is 6.61 Å². The number of ether oxygens (including phenoxy) is 1. The molecule has 0 rings (SSSR count). The monoisotopic (exact) mass is 157 g/mol. The minimum absolute atomic E-state index is 0.0516. The van der Waals surface area contributed by atoms with Crippen molar-refractivity contribution in [1.29, 1.82) is 0 Å². The number of carbonyl (C=O) groups is 1. The number of rotatable bonds is 4. The highest BCUT2D eigenvalue weighted by Crippen LogP contribution is 1.89. The van der Waals surface area contributed by atoms with Gasteiger partial charge >= 0.3 is 6.09 Å². The average Bonchev–Trinajstić information content (AvgIpc) is 2.00. The molecule has 0 aliphatic carbocycles. The Morgan fingerprint density at radius 3 is 2.64 bits per heavy atom. The van der Waals surface area contributed by atoms with Crippen molar-refractivity contribution in [2.75, 3.05) is 13.2 Å². The molecule has 0 aromatic carbocycles. The summed E-state index contributed by atoms with van der Waals surface area (Å²) < 4.78 is 4.48. The van der Waals surface area contributed by atoms with Gasteiger partial charge < -0.3 is 4.74 Å². The molecule has 0 radical (unpaired) electrons. The third-order valence-corrected chi connectivity index (χ3v) is 0.837. The van der Waals surface area contributed by atoms with Crippen LogP contribution in [0.25, 0.3) is 0 Å². The third kappa shape index (κ3) is 4.16. The molecule has 62 valence electrons. The molecule has 0 atom stereocenters. The smallest absolute Gasteiger partial charge is 0.434 e. The fourth-order valence-corrected chi connectivity index (χ4v) is 0.402. The van der Waals surface area contributed by atoms with Gasteiger partial charge in [0.05, 0.1) is 6.54 Å². The average molecular weight is 157 g/mol. The van der Waals surface area contributed by atoms with Gasteiger partial charge in [0, 0.05) is 0 Å². The molecule has 4 nitrogen and oxygen atoms in total. The van der Waals surface area contributed by atoms with Crippen LogP contribution < -0.4 is 0 Å². The molecule has 0 fully saturated rings. The minimum Gasteiger partial charge on any atom is -0.444 e. The van der Waals surface area contributed by atoms with Crippen LogP contribution in [0.3, 0.4) is 0 Å². The van der Waals surface area contributed by atoms with Crippen LogP contribution in [0.5, 0.6) is 0 Å². The molecular weight excluding hydrogens is 146 g/mol. The Morgan fingerprint density at radius 1 is 1.55 bits per heavy atom. The SMILES string of the molecule is C=CCOC(=O)N(O)CC=C. The highest BCUT2D eigenvalue weighted by atomic mass is 16.6. The van der Waals surface area contributed by atoms with Gasteiger partial charge in [-0.25, -0.2) is 4.79 Å². The summed E-state index contributed by atoms with van der Waals surface area (Å²) in [5.74, 6) is 0. The molecule has 0 saturated heterocycles. The Labute approximate surface area is 65.3 Å². The lowest BCUT2D eigenvalue weighted by molar-refractivity contribution is -0.0629. The minimum atomic E-state index is -0.801. The summed E-state index contributed by atoms with van der Waals surface area (Å²) in [6.45, 7) is 6.82. The molecule has 0 unspecified atom stereocenters. The van der Waals surface area contributed by atoms with E-state index < -0.39 is 6.09 Å². The fraction of sp³-hybridized carbons (Fsp3) is 0.286. The zero-order valence-corrected chi connectivity index (χ0v) is 6.19. The Balaban J connectivity index is 3.62. The quantitative estimate of drug-likeness (QED) is 0.379. The molecule has 0 aliphatic rings. The number of amides is 1. The van der Waals surface area contributed by atoms with Gasteiger partial charge in [-0.2, -0.15) is 5.06 Å². The number of hydroxylamine groups is 2. The lowest BCUT2D eigenvalue weighted by Crippen LogP contribution is -2.28. The molecule has 0 aliphatic heterocycles. The maximum atomic E-state index is 10.6. The van der Waals surface area contributed by atoms with Crippen LogP contribution in [0.1, 0.15) is 0 Å². The molecule has 0 spiro atoms. The highest BCUT2D eigenvalue weighted by Gasteiger charge is 2.07. The van der Waals surface area contributed by atoms with Gasteiger partial charge in [0.2, 0.25) is 0 Å². The van der Waals surface area contributed by atoms with E-state index in [4.69, 9.17) is 5.21 Å². The lowest BCUT2D eigenvalue weighted by atomic mass is 10.6. The molecule has 0 aromatic rings. The van der Waals surface area contributed by atoms with Crippen LogP contribution in [0, 0.1) is 0 Å². The van der Waals surface area contributed by atoms with Crippen molar-refractivity contribution in [2.45, 2.75) is 0 Å². The first-order chi connectivity index (χ1) is 5.22. The number of hydrogen-bond acceptors (Lipinski definition) is 3. The Morgan fingerprint density at radius 2 is 2.18 bits per heavy atom. The van der Waals surface area contributed by atoms with E-state index in [2.05, 4.69) is 17.9 Å². The van der Waals surface area contributed by atoms with Gasteiger partial charge in [-0.1, -0.05) is 18.7 Å². The topological polar surface area (TPSA) is 49.8 Å². The van der Waals surface area contributed by atoms with Crippen LogP contribution in [-0.4, -0.2) is 29.5 Å². The number of nitrogens with zero attached hydrogens (tertiary/aromatic N) is 1. The van der Waals surface area contributed by atoms with Gasteiger partial charge in [0.15, 0.2) is 0 Å². The van der Waals surface area contributed by atoms with E-state index in [0.717, 1.165) is 0 Å². The lowest BCUT2D eigenvalue weighted by Gasteiger charge is -2.10. The van der Waals surface area contributed by atoms with Crippen molar-refractivity contribution in [3.63, 3.8) is 0 Å². The molecule has 11 heavy (non-hydrogen) atoms. The van der Waals surface area contributed by atoms with Crippen LogP contribution in [0.4, 0.5) is 4.79 Å². The molecule has 4 heteroatoms. The summed E-state index contributed by atoms with van der Waals surface area (Å²) >= 11 is 0. The highest BCUT2D eigenvalue weighted by molar-refractivity contribution is 5.66. The molecule has 1 N–H and O–H groups in total. The normalized spacial score (nSPS) is 8.45. The Hall–Kier alpha value is -1.29. The molecule has 0 bridgehead atoms. The van der Waals surface area contributed by atoms with Crippen LogP contribution in [0.2, 0.25) is 0 Å². The van der Waals surface area contributed by atoms with E-state index in [9.17, 15) is 4.79 Å². The maximum Gasteiger partial charge on any atom is 0.434 e. The van der Waals surface area contributed by atoms with Crippen molar-refractivity contribution in [2.24, 2.45) is 0 Å². The molecular formula is C7H11NO3. The van der Waals surface area contributed by atoms with Crippen molar-refractivity contribution in [1.82, 2.24) is 5.06 Å². The number of carbonyl (C=O) groups excluding carboxylic acids is 1. The predicted molar refractivity (Wildman–Crippen MR) is 40.2 cm³/mol. The first kappa shape index (κ1) is 9.71. The standard InChI is InChI=1S/C7H11NO3/c1-3-5-8(10)7(9)11-6-4-2/h3-4,10H,1-2,5-6H2. The summed E-state index contributed by atoms with van der Waals surface area (Å²) in [4.78, 5) is 10.6. The van der Waals surface area contributed by atoms with Gasteiger partial charge in [0.25, 0.3) is 0 Å². The van der Waals surface area contributed by atoms with Crippen LogP contribution in [0.15, 0.2) is 25.3 Å². The summed E-state index contributed by atoms with van der Waals surface area (Å²) in [7, 11) is 0. The van der Waals surface area contributed by atoms with E-state index in [1.165, 1.54) is 12.2 Å². The first-order valence-electron chi connectivity index (χ1n) is 3.07. The second-order valence-electron chi connectivity index (χ2n) is 1.74. The number of hydrogen-bond donors (Lipinski definition) is 1. The zero-order chi connectivity index (χ0) is 8.69. The molecule has 0 saturated carbocycles. The second kappa shape index (κ2) is 5.49. The van der Waals surface area contributed by atoms with Gasteiger partial charge in [-0.05, 0) is 0 Å². The van der Waals surface area contributed by atoms with Crippen molar-refractivity contribution in [3.8, 4) is 0 Å². The van der Waals surface area contributed by atoms with Crippen molar-refractivity contribution >= 4 is 6.09 Å². The fourth-order valence-electron chi connectivity index (χ4n) is 0.402. The first-order valence-corrected chi connectivity index (χ1v) is 3.07. The Kier molecular flexibility index (Phi) is 4.85. The summed E-state index contributed by atoms with van der Waals surface area (Å²) in [5.41, 5.74) is 0. The summed E-state index contributed by atoms with van der Waals surface area (Å²) in [6, 6.07) is 0. The molecule has 1 amide bonds. The van der Waals surface area contributed by atoms with E-state index >= 15 is 0 Å². The van der Waals surface area contributed by atoms with Gasteiger partial charge in [-0.3, -0.25) is 5.21 Å².